The predicted molar refractivity (Wildman–Crippen MR) is 63.3 cm³/mol. The molecule has 3 heteroatoms. The van der Waals surface area contributed by atoms with Crippen molar-refractivity contribution in [1.29, 1.82) is 0 Å². The van der Waals surface area contributed by atoms with Gasteiger partial charge in [0, 0.05) is 5.41 Å². The van der Waals surface area contributed by atoms with E-state index in [0.29, 0.717) is 0 Å². The molecule has 0 saturated heterocycles. The molecule has 0 bridgehead atoms. The number of thiazole rings is 1. The number of aryl methyl sites for hydroxylation is 1. The van der Waals surface area contributed by atoms with Gasteiger partial charge in [-0.05, 0) is 26.2 Å². The van der Waals surface area contributed by atoms with Crippen LogP contribution in [0.1, 0.15) is 56.1 Å². The fraction of sp³-hybridized carbons (Fsp3) is 0.750. The summed E-state index contributed by atoms with van der Waals surface area (Å²) < 4.78 is 0. The van der Waals surface area contributed by atoms with Gasteiger partial charge in [-0.25, -0.2) is 4.98 Å². The van der Waals surface area contributed by atoms with Crippen LogP contribution in [0, 0.1) is 0 Å². The van der Waals surface area contributed by atoms with Gasteiger partial charge in [0.2, 0.25) is 0 Å². The lowest BCUT2D eigenvalue weighted by Crippen LogP contribution is -2.25. The van der Waals surface area contributed by atoms with Crippen LogP contribution < -0.4 is 0 Å². The van der Waals surface area contributed by atoms with Gasteiger partial charge in [0.15, 0.2) is 0 Å². The molecule has 84 valence electrons. The van der Waals surface area contributed by atoms with E-state index in [2.05, 4.69) is 25.8 Å². The van der Waals surface area contributed by atoms with E-state index >= 15 is 0 Å². The average molecular weight is 225 g/mol. The minimum atomic E-state index is -0.644. The largest absolute Gasteiger partial charge is 0.385 e. The van der Waals surface area contributed by atoms with Crippen LogP contribution in [0.2, 0.25) is 0 Å². The van der Waals surface area contributed by atoms with Gasteiger partial charge in [0.05, 0.1) is 21.2 Å². The van der Waals surface area contributed by atoms with Crippen molar-refractivity contribution in [2.45, 2.75) is 58.0 Å². The summed E-state index contributed by atoms with van der Waals surface area (Å²) in [6.07, 6.45) is 2.94. The molecular weight excluding hydrogens is 206 g/mol. The summed E-state index contributed by atoms with van der Waals surface area (Å²) in [5.74, 6) is 0. The number of hydrogen-bond acceptors (Lipinski definition) is 3. The molecule has 1 aromatic rings. The second-order valence-electron chi connectivity index (χ2n) is 5.67. The minimum Gasteiger partial charge on any atom is -0.385 e. The van der Waals surface area contributed by atoms with Gasteiger partial charge >= 0.3 is 0 Å². The Morgan fingerprint density at radius 3 is 2.60 bits per heavy atom. The summed E-state index contributed by atoms with van der Waals surface area (Å²) in [5.41, 5.74) is 0.577. The summed E-state index contributed by atoms with van der Waals surface area (Å²) in [6, 6.07) is 0. The molecule has 1 aromatic heterocycles. The lowest BCUT2D eigenvalue weighted by Gasteiger charge is -2.26. The lowest BCUT2D eigenvalue weighted by molar-refractivity contribution is 0.0422. The second-order valence-corrected chi connectivity index (χ2v) is 6.67. The maximum Gasteiger partial charge on any atom is 0.0985 e. The Kier molecular flexibility index (Phi) is 2.43. The Morgan fingerprint density at radius 1 is 1.40 bits per heavy atom. The van der Waals surface area contributed by atoms with Crippen molar-refractivity contribution < 1.29 is 5.11 Å². The number of aliphatic hydroxyl groups is 1. The Morgan fingerprint density at radius 2 is 2.07 bits per heavy atom. The van der Waals surface area contributed by atoms with Gasteiger partial charge in [-0.3, -0.25) is 0 Å². The Balaban J connectivity index is 2.47. The molecule has 0 spiro atoms. The molecule has 0 aromatic carbocycles. The van der Waals surface area contributed by atoms with Crippen molar-refractivity contribution in [1.82, 2.24) is 4.98 Å². The third-order valence-electron chi connectivity index (χ3n) is 2.91. The van der Waals surface area contributed by atoms with E-state index in [4.69, 9.17) is 0 Å². The van der Waals surface area contributed by atoms with E-state index in [1.807, 2.05) is 6.92 Å². The van der Waals surface area contributed by atoms with E-state index in [0.717, 1.165) is 34.8 Å². The molecule has 1 aliphatic carbocycles. The highest BCUT2D eigenvalue weighted by molar-refractivity contribution is 7.12. The van der Waals surface area contributed by atoms with E-state index in [1.165, 1.54) is 0 Å². The normalized spacial score (nSPS) is 26.5. The van der Waals surface area contributed by atoms with Crippen LogP contribution in [0.4, 0.5) is 0 Å². The summed E-state index contributed by atoms with van der Waals surface area (Å²) in [7, 11) is 0. The predicted octanol–water partition coefficient (Wildman–Crippen LogP) is 2.98. The number of nitrogens with zero attached hydrogens (tertiary/aromatic N) is 1. The molecule has 1 N–H and O–H groups in total. The van der Waals surface area contributed by atoms with E-state index in [-0.39, 0.29) is 5.41 Å². The number of hydrogen-bond donors (Lipinski definition) is 1. The summed E-state index contributed by atoms with van der Waals surface area (Å²) in [5, 5.41) is 11.4. The topological polar surface area (TPSA) is 33.1 Å². The van der Waals surface area contributed by atoms with Crippen LogP contribution in [0.3, 0.4) is 0 Å². The Hall–Kier alpha value is -0.410. The summed E-state index contributed by atoms with van der Waals surface area (Å²) in [6.45, 7) is 8.43. The first-order chi connectivity index (χ1) is 6.81. The molecule has 0 saturated carbocycles. The van der Waals surface area contributed by atoms with Gasteiger partial charge < -0.3 is 5.11 Å². The fourth-order valence-electron chi connectivity index (χ4n) is 1.98. The molecular formula is C12H19NOS. The molecule has 1 unspecified atom stereocenters. The zero-order valence-corrected chi connectivity index (χ0v) is 10.7. The molecule has 0 radical (unpaired) electrons. The quantitative estimate of drug-likeness (QED) is 0.736. The van der Waals surface area contributed by atoms with Crippen LogP contribution in [0.15, 0.2) is 0 Å². The van der Waals surface area contributed by atoms with Crippen molar-refractivity contribution in [3.63, 3.8) is 0 Å². The van der Waals surface area contributed by atoms with Gasteiger partial charge in [0.25, 0.3) is 0 Å². The van der Waals surface area contributed by atoms with Gasteiger partial charge in [-0.1, -0.05) is 20.8 Å². The van der Waals surface area contributed by atoms with Crippen molar-refractivity contribution in [2.75, 3.05) is 0 Å². The van der Waals surface area contributed by atoms with Crippen molar-refractivity contribution >= 4 is 11.3 Å². The van der Waals surface area contributed by atoms with Gasteiger partial charge in [-0.15, -0.1) is 11.3 Å². The Labute approximate surface area is 95.4 Å². The number of fused-ring (bicyclic) bond motifs is 1. The maximum absolute atomic E-state index is 10.3. The van der Waals surface area contributed by atoms with Crippen molar-refractivity contribution in [3.8, 4) is 0 Å². The van der Waals surface area contributed by atoms with Crippen LogP contribution in [-0.2, 0) is 17.4 Å². The first-order valence-corrected chi connectivity index (χ1v) is 6.35. The zero-order chi connectivity index (χ0) is 11.3. The highest BCUT2D eigenvalue weighted by atomic mass is 32.1. The van der Waals surface area contributed by atoms with Crippen LogP contribution in [0.5, 0.6) is 0 Å². The lowest BCUT2D eigenvalue weighted by atomic mass is 9.89. The third-order valence-corrected chi connectivity index (χ3v) is 4.68. The zero-order valence-electron chi connectivity index (χ0n) is 9.92. The van der Waals surface area contributed by atoms with E-state index in [1.54, 1.807) is 11.3 Å². The van der Waals surface area contributed by atoms with E-state index < -0.39 is 5.60 Å². The summed E-state index contributed by atoms with van der Waals surface area (Å²) >= 11 is 1.69. The highest BCUT2D eigenvalue weighted by Crippen LogP contribution is 2.41. The summed E-state index contributed by atoms with van der Waals surface area (Å²) in [4.78, 5) is 5.77. The molecule has 1 heterocycles. The number of rotatable bonds is 0. The Bertz CT molecular complexity index is 373. The molecule has 1 aliphatic rings. The SMILES string of the molecule is CC(C)(C)c1nc2c(s1)C(C)(O)CCC2. The fourth-order valence-corrected chi connectivity index (χ4v) is 3.22. The minimum absolute atomic E-state index is 0.0953. The monoisotopic (exact) mass is 225 g/mol. The highest BCUT2D eigenvalue weighted by Gasteiger charge is 2.34. The smallest absolute Gasteiger partial charge is 0.0985 e. The third kappa shape index (κ3) is 1.95. The van der Waals surface area contributed by atoms with Crippen LogP contribution in [-0.4, -0.2) is 10.1 Å². The van der Waals surface area contributed by atoms with Crippen molar-refractivity contribution in [2.24, 2.45) is 0 Å². The van der Waals surface area contributed by atoms with Crippen molar-refractivity contribution in [3.05, 3.63) is 15.6 Å². The molecule has 0 amide bonds. The average Bonchev–Trinajstić information content (AvgIpc) is 2.47. The standard InChI is InChI=1S/C12H19NOS/c1-11(2,3)10-13-8-6-5-7-12(4,14)9(8)15-10/h14H,5-7H2,1-4H3. The molecule has 2 rings (SSSR count). The van der Waals surface area contributed by atoms with Gasteiger partial charge in [-0.2, -0.15) is 0 Å². The van der Waals surface area contributed by atoms with Gasteiger partial charge in [0.1, 0.15) is 0 Å². The second kappa shape index (κ2) is 3.29. The number of aromatic nitrogens is 1. The maximum atomic E-state index is 10.3. The molecule has 2 nitrogen and oxygen atoms in total. The van der Waals surface area contributed by atoms with Crippen LogP contribution >= 0.6 is 11.3 Å². The molecule has 1 atom stereocenters. The first-order valence-electron chi connectivity index (χ1n) is 5.54. The molecule has 0 aliphatic heterocycles. The first kappa shape index (κ1) is 11.1. The van der Waals surface area contributed by atoms with Crippen LogP contribution in [0.25, 0.3) is 0 Å². The van der Waals surface area contributed by atoms with E-state index in [9.17, 15) is 5.11 Å². The molecule has 0 fully saturated rings. The molecule has 15 heavy (non-hydrogen) atoms.